The van der Waals surface area contributed by atoms with Crippen molar-refractivity contribution < 1.29 is 4.94 Å². The van der Waals surface area contributed by atoms with E-state index in [0.717, 1.165) is 54.5 Å². The standard InChI is InChI=1S/C18H22ClN7O/c1-11-5-7-25(8-6-11)17-16(12(2)23-18-21-10-22-26(17)18)14-4-3-13(24-27-20)9-15(14)19/h3-4,9-11,24H,5-8,20H2,1-2H3. The quantitative estimate of drug-likeness (QED) is 0.664. The van der Waals surface area contributed by atoms with Crippen LogP contribution < -0.4 is 16.3 Å². The molecule has 1 aliphatic rings. The number of hydrogen-bond donors (Lipinski definition) is 2. The lowest BCUT2D eigenvalue weighted by molar-refractivity contribution is 0.201. The summed E-state index contributed by atoms with van der Waals surface area (Å²) in [5.41, 5.74) is 5.98. The number of benzene rings is 1. The Hall–Kier alpha value is -2.42. The molecular weight excluding hydrogens is 366 g/mol. The van der Waals surface area contributed by atoms with Crippen LogP contribution in [0.25, 0.3) is 16.9 Å². The number of piperidine rings is 1. The van der Waals surface area contributed by atoms with Crippen molar-refractivity contribution in [3.8, 4) is 11.1 Å². The number of aryl methyl sites for hydroxylation is 1. The summed E-state index contributed by atoms with van der Waals surface area (Å²) >= 11 is 6.60. The lowest BCUT2D eigenvalue weighted by Gasteiger charge is -2.33. The molecule has 142 valence electrons. The summed E-state index contributed by atoms with van der Waals surface area (Å²) in [6, 6.07) is 5.57. The Balaban J connectivity index is 1.89. The molecule has 0 atom stereocenters. The van der Waals surface area contributed by atoms with E-state index in [-0.39, 0.29) is 0 Å². The molecule has 2 aromatic heterocycles. The summed E-state index contributed by atoms with van der Waals surface area (Å²) in [4.78, 5) is 15.7. The number of fused-ring (bicyclic) bond motifs is 1. The van der Waals surface area contributed by atoms with Crippen LogP contribution >= 0.6 is 11.6 Å². The van der Waals surface area contributed by atoms with Crippen molar-refractivity contribution in [1.29, 1.82) is 0 Å². The third-order valence-corrected chi connectivity index (χ3v) is 5.39. The molecule has 0 aliphatic carbocycles. The van der Waals surface area contributed by atoms with E-state index in [1.165, 1.54) is 6.33 Å². The Morgan fingerprint density at radius 1 is 1.30 bits per heavy atom. The van der Waals surface area contributed by atoms with E-state index in [1.54, 1.807) is 6.07 Å². The van der Waals surface area contributed by atoms with Crippen molar-refractivity contribution in [2.45, 2.75) is 26.7 Å². The summed E-state index contributed by atoms with van der Waals surface area (Å²) in [7, 11) is 0. The minimum absolute atomic E-state index is 0.577. The molecule has 0 bridgehead atoms. The summed E-state index contributed by atoms with van der Waals surface area (Å²) in [5.74, 6) is 7.38. The lowest BCUT2D eigenvalue weighted by Crippen LogP contribution is -2.35. The second-order valence-electron chi connectivity index (χ2n) is 6.95. The van der Waals surface area contributed by atoms with Crippen molar-refractivity contribution in [3.05, 3.63) is 35.2 Å². The molecule has 1 saturated heterocycles. The highest BCUT2D eigenvalue weighted by Gasteiger charge is 2.25. The molecule has 8 nitrogen and oxygen atoms in total. The maximum atomic E-state index is 6.60. The van der Waals surface area contributed by atoms with Gasteiger partial charge < -0.3 is 4.90 Å². The molecule has 3 N–H and O–H groups in total. The Morgan fingerprint density at radius 2 is 2.07 bits per heavy atom. The van der Waals surface area contributed by atoms with E-state index in [0.29, 0.717) is 16.5 Å². The first-order chi connectivity index (χ1) is 13.1. The molecule has 1 fully saturated rings. The number of rotatable bonds is 4. The highest BCUT2D eigenvalue weighted by atomic mass is 35.5. The van der Waals surface area contributed by atoms with Gasteiger partial charge in [0.15, 0.2) is 0 Å². The molecular formula is C18H22ClN7O. The monoisotopic (exact) mass is 387 g/mol. The van der Waals surface area contributed by atoms with Crippen LogP contribution in [0.1, 0.15) is 25.5 Å². The maximum absolute atomic E-state index is 6.60. The summed E-state index contributed by atoms with van der Waals surface area (Å²) in [6.07, 6.45) is 3.82. The fraction of sp³-hybridized carbons (Fsp3) is 0.389. The topological polar surface area (TPSA) is 93.6 Å². The molecule has 1 aromatic carbocycles. The van der Waals surface area contributed by atoms with Crippen molar-refractivity contribution in [3.63, 3.8) is 0 Å². The van der Waals surface area contributed by atoms with E-state index in [1.807, 2.05) is 23.6 Å². The molecule has 27 heavy (non-hydrogen) atoms. The molecule has 0 saturated carbocycles. The maximum Gasteiger partial charge on any atom is 0.254 e. The van der Waals surface area contributed by atoms with Crippen LogP contribution in [0.5, 0.6) is 0 Å². The van der Waals surface area contributed by atoms with E-state index < -0.39 is 0 Å². The van der Waals surface area contributed by atoms with Gasteiger partial charge in [-0.25, -0.2) is 10.5 Å². The van der Waals surface area contributed by atoms with Crippen LogP contribution in [0.15, 0.2) is 24.5 Å². The van der Waals surface area contributed by atoms with Crippen LogP contribution in [-0.2, 0) is 4.94 Å². The Kier molecular flexibility index (Phi) is 4.86. The van der Waals surface area contributed by atoms with Gasteiger partial charge in [-0.05, 0) is 37.8 Å². The second kappa shape index (κ2) is 7.30. The van der Waals surface area contributed by atoms with Gasteiger partial charge in [0, 0.05) is 24.2 Å². The van der Waals surface area contributed by atoms with Gasteiger partial charge in [0.1, 0.15) is 12.1 Å². The molecule has 3 heterocycles. The van der Waals surface area contributed by atoms with Crippen molar-refractivity contribution in [2.75, 3.05) is 23.5 Å². The van der Waals surface area contributed by atoms with Gasteiger partial charge in [-0.2, -0.15) is 25.4 Å². The number of nitrogens with zero attached hydrogens (tertiary/aromatic N) is 5. The molecule has 3 aromatic rings. The zero-order valence-electron chi connectivity index (χ0n) is 15.3. The first kappa shape index (κ1) is 18.0. The highest BCUT2D eigenvalue weighted by molar-refractivity contribution is 6.33. The van der Waals surface area contributed by atoms with Gasteiger partial charge >= 0.3 is 0 Å². The molecule has 0 amide bonds. The summed E-state index contributed by atoms with van der Waals surface area (Å²) < 4.78 is 1.81. The fourth-order valence-electron chi connectivity index (χ4n) is 3.61. The Bertz CT molecular complexity index is 966. The van der Waals surface area contributed by atoms with Gasteiger partial charge in [-0.1, -0.05) is 24.6 Å². The average molecular weight is 388 g/mol. The predicted octanol–water partition coefficient (Wildman–Crippen LogP) is 3.21. The van der Waals surface area contributed by atoms with Gasteiger partial charge in [0.05, 0.1) is 16.4 Å². The number of nitrogens with one attached hydrogen (secondary N) is 1. The SMILES string of the molecule is Cc1nc2ncnn2c(N2CCC(C)CC2)c1-c1ccc(NON)cc1Cl. The van der Waals surface area contributed by atoms with Crippen LogP contribution in [0.2, 0.25) is 5.02 Å². The summed E-state index contributed by atoms with van der Waals surface area (Å²) in [6.45, 7) is 6.20. The van der Waals surface area contributed by atoms with Gasteiger partial charge in [0.2, 0.25) is 0 Å². The first-order valence-corrected chi connectivity index (χ1v) is 9.33. The van der Waals surface area contributed by atoms with Crippen LogP contribution in [-0.4, -0.2) is 32.7 Å². The number of anilines is 2. The smallest absolute Gasteiger partial charge is 0.254 e. The predicted molar refractivity (Wildman–Crippen MR) is 105 cm³/mol. The fourth-order valence-corrected chi connectivity index (χ4v) is 3.89. The Morgan fingerprint density at radius 3 is 2.78 bits per heavy atom. The van der Waals surface area contributed by atoms with Crippen LogP contribution in [0, 0.1) is 12.8 Å². The van der Waals surface area contributed by atoms with E-state index in [2.05, 4.69) is 37.3 Å². The molecule has 0 spiro atoms. The largest absolute Gasteiger partial charge is 0.356 e. The van der Waals surface area contributed by atoms with E-state index in [4.69, 9.17) is 17.5 Å². The number of aromatic nitrogens is 4. The van der Waals surface area contributed by atoms with Gasteiger partial charge in [-0.3, -0.25) is 0 Å². The van der Waals surface area contributed by atoms with Crippen LogP contribution in [0.3, 0.4) is 0 Å². The summed E-state index contributed by atoms with van der Waals surface area (Å²) in [5, 5.41) is 5.00. The van der Waals surface area contributed by atoms with E-state index >= 15 is 0 Å². The minimum atomic E-state index is 0.577. The third-order valence-electron chi connectivity index (χ3n) is 5.08. The normalized spacial score (nSPS) is 15.5. The lowest BCUT2D eigenvalue weighted by atomic mass is 9.97. The van der Waals surface area contributed by atoms with Crippen molar-refractivity contribution in [1.82, 2.24) is 19.6 Å². The van der Waals surface area contributed by atoms with Crippen molar-refractivity contribution in [2.24, 2.45) is 11.8 Å². The molecule has 0 radical (unpaired) electrons. The van der Waals surface area contributed by atoms with Gasteiger partial charge in [-0.15, -0.1) is 0 Å². The Labute approximate surface area is 162 Å². The molecule has 1 aliphatic heterocycles. The second-order valence-corrected chi connectivity index (χ2v) is 7.36. The zero-order valence-corrected chi connectivity index (χ0v) is 16.1. The van der Waals surface area contributed by atoms with E-state index in [9.17, 15) is 0 Å². The first-order valence-electron chi connectivity index (χ1n) is 8.95. The minimum Gasteiger partial charge on any atom is -0.356 e. The molecule has 4 rings (SSSR count). The number of nitrogens with two attached hydrogens (primary N) is 1. The number of halogens is 1. The van der Waals surface area contributed by atoms with Crippen molar-refractivity contribution >= 4 is 28.9 Å². The zero-order chi connectivity index (χ0) is 19.0. The molecule has 0 unspecified atom stereocenters. The van der Waals surface area contributed by atoms with Crippen LogP contribution in [0.4, 0.5) is 11.5 Å². The average Bonchev–Trinajstić information content (AvgIpc) is 3.10. The molecule has 9 heteroatoms. The van der Waals surface area contributed by atoms with Gasteiger partial charge in [0.25, 0.3) is 5.78 Å². The highest BCUT2D eigenvalue weighted by Crippen LogP contribution is 2.39. The third kappa shape index (κ3) is 3.31. The number of hydrogen-bond acceptors (Lipinski definition) is 7.